The summed E-state index contributed by atoms with van der Waals surface area (Å²) in [6.45, 7) is 3.79. The zero-order chi connectivity index (χ0) is 26.7. The number of methoxy groups -OCH3 is 2. The zero-order valence-corrected chi connectivity index (χ0v) is 20.9. The summed E-state index contributed by atoms with van der Waals surface area (Å²) in [4.78, 5) is 28.1. The fourth-order valence-electron chi connectivity index (χ4n) is 4.28. The summed E-state index contributed by atoms with van der Waals surface area (Å²) in [5.41, 5.74) is 1.60. The van der Waals surface area contributed by atoms with Gasteiger partial charge >= 0.3 is 0 Å². The minimum atomic E-state index is -0.947. The highest BCUT2D eigenvalue weighted by atomic mass is 16.5. The average Bonchev–Trinajstić information content (AvgIpc) is 3.17. The maximum Gasteiger partial charge on any atom is 0.300 e. The third-order valence-electron chi connectivity index (χ3n) is 5.92. The molecule has 0 spiro atoms. The Kier molecular flexibility index (Phi) is 7.16. The molecular formula is C29H26N2O6. The second-order valence-corrected chi connectivity index (χ2v) is 8.64. The molecular weight excluding hydrogens is 472 g/mol. The Bertz CT molecular complexity index is 1420. The lowest BCUT2D eigenvalue weighted by Crippen LogP contribution is -2.29. The van der Waals surface area contributed by atoms with Gasteiger partial charge in [-0.15, -0.1) is 0 Å². The molecule has 0 bridgehead atoms. The number of benzene rings is 3. The van der Waals surface area contributed by atoms with Crippen LogP contribution in [0.3, 0.4) is 0 Å². The van der Waals surface area contributed by atoms with Crippen LogP contribution in [0.15, 0.2) is 72.3 Å². The van der Waals surface area contributed by atoms with Gasteiger partial charge < -0.3 is 19.3 Å². The van der Waals surface area contributed by atoms with Gasteiger partial charge in [-0.05, 0) is 74.0 Å². The summed E-state index contributed by atoms with van der Waals surface area (Å²) in [6, 6.07) is 19.2. The number of aliphatic hydroxyl groups excluding tert-OH is 1. The molecule has 1 aliphatic rings. The quantitative estimate of drug-likeness (QED) is 0.278. The number of carbonyl (C=O) groups is 2. The van der Waals surface area contributed by atoms with Gasteiger partial charge in [0.05, 0.1) is 43.6 Å². The Hall–Kier alpha value is -4.77. The molecule has 0 aliphatic carbocycles. The highest BCUT2D eigenvalue weighted by molar-refractivity contribution is 6.51. The summed E-state index contributed by atoms with van der Waals surface area (Å²) in [6.07, 6.45) is -0.0908. The largest absolute Gasteiger partial charge is 0.507 e. The number of ketones is 1. The van der Waals surface area contributed by atoms with Crippen LogP contribution < -0.4 is 19.1 Å². The number of hydrogen-bond acceptors (Lipinski definition) is 7. The van der Waals surface area contributed by atoms with Crippen LogP contribution in [0, 0.1) is 11.3 Å². The third-order valence-corrected chi connectivity index (χ3v) is 5.92. The molecule has 0 saturated carbocycles. The first-order chi connectivity index (χ1) is 17.8. The van der Waals surface area contributed by atoms with E-state index in [9.17, 15) is 20.0 Å². The lowest BCUT2D eigenvalue weighted by Gasteiger charge is -2.26. The number of aliphatic hydroxyl groups is 1. The molecule has 0 aromatic heterocycles. The van der Waals surface area contributed by atoms with Crippen molar-refractivity contribution < 1.29 is 28.9 Å². The van der Waals surface area contributed by atoms with Crippen molar-refractivity contribution in [2.75, 3.05) is 19.1 Å². The van der Waals surface area contributed by atoms with Gasteiger partial charge in [0.2, 0.25) is 0 Å². The second-order valence-electron chi connectivity index (χ2n) is 8.64. The molecule has 1 unspecified atom stereocenters. The number of rotatable bonds is 7. The van der Waals surface area contributed by atoms with E-state index < -0.39 is 17.7 Å². The van der Waals surface area contributed by atoms with E-state index in [1.54, 1.807) is 66.7 Å². The average molecular weight is 499 g/mol. The number of nitriles is 1. The van der Waals surface area contributed by atoms with Gasteiger partial charge in [0.1, 0.15) is 11.5 Å². The van der Waals surface area contributed by atoms with Gasteiger partial charge in [0, 0.05) is 11.3 Å². The summed E-state index contributed by atoms with van der Waals surface area (Å²) in [5.74, 6) is -0.618. The minimum Gasteiger partial charge on any atom is -0.507 e. The Morgan fingerprint density at radius 3 is 2.30 bits per heavy atom. The van der Waals surface area contributed by atoms with Crippen LogP contribution in [-0.4, -0.2) is 37.1 Å². The molecule has 4 rings (SSSR count). The van der Waals surface area contributed by atoms with E-state index in [1.807, 2.05) is 19.9 Å². The molecule has 1 saturated heterocycles. The van der Waals surface area contributed by atoms with Gasteiger partial charge in [-0.1, -0.05) is 12.1 Å². The van der Waals surface area contributed by atoms with Crippen LogP contribution in [0.25, 0.3) is 5.76 Å². The number of hydrogen-bond donors (Lipinski definition) is 1. The molecule has 1 atom stereocenters. The van der Waals surface area contributed by atoms with Crippen molar-refractivity contribution in [3.05, 3.63) is 89.0 Å². The lowest BCUT2D eigenvalue weighted by atomic mass is 9.94. The van der Waals surface area contributed by atoms with E-state index in [4.69, 9.17) is 14.2 Å². The molecule has 3 aromatic rings. The van der Waals surface area contributed by atoms with Gasteiger partial charge in [-0.2, -0.15) is 5.26 Å². The highest BCUT2D eigenvalue weighted by Crippen LogP contribution is 2.43. The fourth-order valence-corrected chi connectivity index (χ4v) is 4.28. The number of ether oxygens (including phenoxy) is 3. The topological polar surface area (TPSA) is 109 Å². The number of anilines is 1. The van der Waals surface area contributed by atoms with Crippen molar-refractivity contribution in [1.29, 1.82) is 5.26 Å². The molecule has 8 nitrogen and oxygen atoms in total. The number of nitrogens with zero attached hydrogens (tertiary/aromatic N) is 2. The Morgan fingerprint density at radius 2 is 1.68 bits per heavy atom. The van der Waals surface area contributed by atoms with Crippen LogP contribution in [0.4, 0.5) is 5.69 Å². The Balaban J connectivity index is 1.93. The monoisotopic (exact) mass is 498 g/mol. The first-order valence-corrected chi connectivity index (χ1v) is 11.6. The summed E-state index contributed by atoms with van der Waals surface area (Å²) in [7, 11) is 2.96. The van der Waals surface area contributed by atoms with Crippen LogP contribution in [0.1, 0.15) is 36.6 Å². The van der Waals surface area contributed by atoms with Crippen molar-refractivity contribution in [1.82, 2.24) is 0 Å². The van der Waals surface area contributed by atoms with Gasteiger partial charge in [-0.3, -0.25) is 14.5 Å². The van der Waals surface area contributed by atoms with E-state index in [1.165, 1.54) is 19.1 Å². The Labute approximate surface area is 214 Å². The maximum absolute atomic E-state index is 13.4. The summed E-state index contributed by atoms with van der Waals surface area (Å²) < 4.78 is 16.5. The molecule has 1 heterocycles. The molecule has 1 aliphatic heterocycles. The fraction of sp³-hybridized carbons (Fsp3) is 0.207. The molecule has 1 N–H and O–H groups in total. The normalized spacial score (nSPS) is 16.5. The molecule has 1 amide bonds. The van der Waals surface area contributed by atoms with E-state index in [0.29, 0.717) is 34.1 Å². The smallest absolute Gasteiger partial charge is 0.300 e. The molecule has 1 fully saturated rings. The Morgan fingerprint density at radius 1 is 0.973 bits per heavy atom. The highest BCUT2D eigenvalue weighted by Gasteiger charge is 2.47. The molecule has 8 heteroatoms. The first kappa shape index (κ1) is 25.3. The predicted molar refractivity (Wildman–Crippen MR) is 138 cm³/mol. The number of amides is 1. The SMILES string of the molecule is COc1ccc(/C(O)=C2\C(=O)C(=O)N(c3ccc(C#N)cc3)C2c2cccc(OC(C)C)c2)cc1OC. The minimum absolute atomic E-state index is 0.0803. The van der Waals surface area contributed by atoms with E-state index in [2.05, 4.69) is 0 Å². The molecule has 188 valence electrons. The second kappa shape index (κ2) is 10.5. The third kappa shape index (κ3) is 4.84. The molecule has 0 radical (unpaired) electrons. The van der Waals surface area contributed by atoms with Crippen LogP contribution in [0.2, 0.25) is 0 Å². The van der Waals surface area contributed by atoms with Crippen molar-refractivity contribution in [2.45, 2.75) is 26.0 Å². The van der Waals surface area contributed by atoms with Crippen LogP contribution in [0.5, 0.6) is 17.2 Å². The first-order valence-electron chi connectivity index (χ1n) is 11.6. The standard InChI is InChI=1S/C29H26N2O6/c1-17(2)37-22-7-5-6-19(14-22)26-25(27(32)20-10-13-23(35-3)24(15-20)36-4)28(33)29(34)31(26)21-11-8-18(16-30)9-12-21/h5-15,17,26,32H,1-4H3/b27-25+. The van der Waals surface area contributed by atoms with E-state index in [-0.39, 0.29) is 23.0 Å². The van der Waals surface area contributed by atoms with Crippen LogP contribution in [-0.2, 0) is 9.59 Å². The molecule has 3 aromatic carbocycles. The predicted octanol–water partition coefficient (Wildman–Crippen LogP) is 4.99. The summed E-state index contributed by atoms with van der Waals surface area (Å²) in [5, 5.41) is 20.6. The van der Waals surface area contributed by atoms with Gasteiger partial charge in [-0.25, -0.2) is 0 Å². The van der Waals surface area contributed by atoms with Gasteiger partial charge in [0.15, 0.2) is 11.5 Å². The van der Waals surface area contributed by atoms with Gasteiger partial charge in [0.25, 0.3) is 11.7 Å². The van der Waals surface area contributed by atoms with Crippen molar-refractivity contribution in [3.8, 4) is 23.3 Å². The molecule has 37 heavy (non-hydrogen) atoms. The van der Waals surface area contributed by atoms with E-state index in [0.717, 1.165) is 0 Å². The zero-order valence-electron chi connectivity index (χ0n) is 20.9. The van der Waals surface area contributed by atoms with Crippen molar-refractivity contribution in [3.63, 3.8) is 0 Å². The number of carbonyl (C=O) groups excluding carboxylic acids is 2. The lowest BCUT2D eigenvalue weighted by molar-refractivity contribution is -0.132. The van der Waals surface area contributed by atoms with Crippen molar-refractivity contribution in [2.24, 2.45) is 0 Å². The van der Waals surface area contributed by atoms with E-state index >= 15 is 0 Å². The number of Topliss-reactive ketones (excluding diaryl/α,β-unsaturated/α-hetero) is 1. The maximum atomic E-state index is 13.4. The van der Waals surface area contributed by atoms with Crippen LogP contribution >= 0.6 is 0 Å². The summed E-state index contributed by atoms with van der Waals surface area (Å²) >= 11 is 0. The van der Waals surface area contributed by atoms with Crippen molar-refractivity contribution >= 4 is 23.1 Å².